The molecule has 3 saturated carbocycles. The topological polar surface area (TPSA) is 102 Å². The normalized spacial score (nSPS) is 26.6. The molecule has 0 aliphatic heterocycles. The molecule has 1 aromatic rings. The van der Waals surface area contributed by atoms with Crippen molar-refractivity contribution in [2.75, 3.05) is 18.8 Å². The Hall–Kier alpha value is -2.32. The van der Waals surface area contributed by atoms with E-state index in [-0.39, 0.29) is 5.69 Å². The van der Waals surface area contributed by atoms with Gasteiger partial charge in [-0.15, -0.1) is 0 Å². The summed E-state index contributed by atoms with van der Waals surface area (Å²) in [7, 11) is -1.53. The average molecular weight is 402 g/mol. The van der Waals surface area contributed by atoms with Gasteiger partial charge in [0, 0.05) is 19.6 Å². The number of rotatable bonds is 5. The zero-order valence-corrected chi connectivity index (χ0v) is 15.3. The predicted molar refractivity (Wildman–Crippen MR) is 89.8 cm³/mol. The third-order valence-corrected chi connectivity index (χ3v) is 6.40. The molecule has 3 fully saturated rings. The molecule has 27 heavy (non-hydrogen) atoms. The lowest BCUT2D eigenvalue weighted by Crippen LogP contribution is -2.74. The van der Waals surface area contributed by atoms with E-state index in [9.17, 15) is 26.4 Å². The molecule has 0 atom stereocenters. The van der Waals surface area contributed by atoms with E-state index >= 15 is 0 Å². The van der Waals surface area contributed by atoms with Gasteiger partial charge in [-0.3, -0.25) is 9.52 Å². The molecule has 7 nitrogen and oxygen atoms in total. The lowest BCUT2D eigenvalue weighted by Gasteiger charge is -2.66. The molecule has 3 aliphatic carbocycles. The summed E-state index contributed by atoms with van der Waals surface area (Å²) in [4.78, 5) is 12.6. The molecule has 0 heterocycles. The summed E-state index contributed by atoms with van der Waals surface area (Å²) >= 11 is 0. The van der Waals surface area contributed by atoms with Gasteiger partial charge in [0.05, 0.1) is 28.3 Å². The molecule has 0 aromatic heterocycles. The average Bonchev–Trinajstić information content (AvgIpc) is 2.47. The Morgan fingerprint density at radius 1 is 1.26 bits per heavy atom. The third-order valence-electron chi connectivity index (χ3n) is 4.96. The van der Waals surface area contributed by atoms with Gasteiger partial charge in [-0.25, -0.2) is 0 Å². The van der Waals surface area contributed by atoms with Gasteiger partial charge < -0.3 is 5.32 Å². The lowest BCUT2D eigenvalue weighted by atomic mass is 9.40. The van der Waals surface area contributed by atoms with Crippen LogP contribution in [-0.4, -0.2) is 38.3 Å². The Morgan fingerprint density at radius 2 is 1.85 bits per heavy atom. The van der Waals surface area contributed by atoms with Crippen LogP contribution in [0.5, 0.6) is 0 Å². The Morgan fingerprint density at radius 3 is 2.33 bits per heavy atom. The molecular weight excluding hydrogens is 385 g/mol. The summed E-state index contributed by atoms with van der Waals surface area (Å²) < 4.78 is 66.1. The highest BCUT2D eigenvalue weighted by Crippen LogP contribution is 2.66. The van der Waals surface area contributed by atoms with Crippen LogP contribution >= 0.6 is 0 Å². The number of hydrogen-bond acceptors (Lipinski definition) is 4. The van der Waals surface area contributed by atoms with Crippen LogP contribution in [0.1, 0.15) is 35.2 Å². The van der Waals surface area contributed by atoms with Crippen molar-refractivity contribution in [1.82, 2.24) is 9.62 Å². The van der Waals surface area contributed by atoms with Crippen molar-refractivity contribution in [2.24, 2.45) is 5.41 Å². The minimum Gasteiger partial charge on any atom is -0.346 e. The Kier molecular flexibility index (Phi) is 4.20. The molecule has 11 heteroatoms. The number of alkyl halides is 3. The van der Waals surface area contributed by atoms with Gasteiger partial charge >= 0.3 is 16.4 Å². The van der Waals surface area contributed by atoms with Gasteiger partial charge in [0.25, 0.3) is 5.91 Å². The summed E-state index contributed by atoms with van der Waals surface area (Å²) in [6.07, 6.45) is -3.35. The van der Waals surface area contributed by atoms with E-state index in [0.29, 0.717) is 31.4 Å². The van der Waals surface area contributed by atoms with E-state index < -0.39 is 44.4 Å². The van der Waals surface area contributed by atoms with Crippen LogP contribution in [0.15, 0.2) is 18.2 Å². The van der Waals surface area contributed by atoms with Crippen molar-refractivity contribution in [1.29, 1.82) is 5.26 Å². The Labute approximate surface area is 154 Å². The number of carbonyl (C=O) groups excluding carboxylic acids is 1. The molecule has 146 valence electrons. The van der Waals surface area contributed by atoms with Gasteiger partial charge in [-0.2, -0.15) is 31.2 Å². The molecule has 2 bridgehead atoms. The van der Waals surface area contributed by atoms with Crippen molar-refractivity contribution >= 4 is 21.8 Å². The zero-order chi connectivity index (χ0) is 20.3. The monoisotopic (exact) mass is 402 g/mol. The highest BCUT2D eigenvalue weighted by atomic mass is 32.2. The van der Waals surface area contributed by atoms with Crippen molar-refractivity contribution in [2.45, 2.75) is 31.0 Å². The number of halogens is 3. The molecule has 0 saturated heterocycles. The van der Waals surface area contributed by atoms with E-state index in [2.05, 4.69) is 16.1 Å². The molecule has 1 aromatic carbocycles. The molecule has 2 N–H and O–H groups in total. The van der Waals surface area contributed by atoms with Crippen LogP contribution in [0.4, 0.5) is 18.9 Å². The molecule has 0 spiro atoms. The summed E-state index contributed by atoms with van der Waals surface area (Å²) in [5, 5.41) is 11.7. The summed E-state index contributed by atoms with van der Waals surface area (Å²) in [5.74, 6) is -0.816. The first-order valence-corrected chi connectivity index (χ1v) is 9.41. The number of hydrogen-bond donors (Lipinski definition) is 2. The van der Waals surface area contributed by atoms with Gasteiger partial charge in [0.15, 0.2) is 0 Å². The summed E-state index contributed by atoms with van der Waals surface area (Å²) in [6, 6.07) is 4.41. The largest absolute Gasteiger partial charge is 0.416 e. The van der Waals surface area contributed by atoms with E-state index in [1.165, 1.54) is 14.1 Å². The maximum atomic E-state index is 13.0. The first kappa shape index (κ1) is 19.4. The number of nitrogens with one attached hydrogen (secondary N) is 2. The van der Waals surface area contributed by atoms with E-state index in [1.807, 2.05) is 0 Å². The highest BCUT2D eigenvalue weighted by molar-refractivity contribution is 7.90. The molecule has 0 radical (unpaired) electrons. The van der Waals surface area contributed by atoms with Crippen molar-refractivity contribution in [3.63, 3.8) is 0 Å². The molecule has 4 rings (SSSR count). The fraction of sp³-hybridized carbons (Fsp3) is 0.500. The van der Waals surface area contributed by atoms with Gasteiger partial charge in [0.2, 0.25) is 0 Å². The van der Waals surface area contributed by atoms with Crippen molar-refractivity contribution in [3.8, 4) is 6.07 Å². The Balaban J connectivity index is 1.91. The second-order valence-electron chi connectivity index (χ2n) is 7.30. The van der Waals surface area contributed by atoms with Crippen LogP contribution in [0.2, 0.25) is 0 Å². The maximum Gasteiger partial charge on any atom is 0.416 e. The quantitative estimate of drug-likeness (QED) is 0.787. The first-order valence-electron chi connectivity index (χ1n) is 7.97. The second-order valence-corrected chi connectivity index (χ2v) is 9.19. The SMILES string of the molecule is CN(C)S(=O)(=O)Nc1ccc(C(F)(F)F)cc1C(=O)NC12CC(C#N)(C1)C2. The fourth-order valence-electron chi connectivity index (χ4n) is 3.57. The molecular formula is C16H17F3N4O3S. The lowest BCUT2D eigenvalue weighted by molar-refractivity contribution is -0.137. The number of anilines is 1. The second kappa shape index (κ2) is 5.84. The first-order chi connectivity index (χ1) is 12.3. The zero-order valence-electron chi connectivity index (χ0n) is 14.5. The van der Waals surface area contributed by atoms with Gasteiger partial charge in [-0.1, -0.05) is 0 Å². The Bertz CT molecular complexity index is 931. The van der Waals surface area contributed by atoms with Crippen LogP contribution in [0.3, 0.4) is 0 Å². The highest BCUT2D eigenvalue weighted by Gasteiger charge is 2.69. The molecule has 1 amide bonds. The van der Waals surface area contributed by atoms with E-state index in [0.717, 1.165) is 10.4 Å². The number of carbonyl (C=O) groups is 1. The minimum atomic E-state index is -4.69. The van der Waals surface area contributed by atoms with Gasteiger partial charge in [0.1, 0.15) is 0 Å². The third kappa shape index (κ3) is 3.35. The van der Waals surface area contributed by atoms with Crippen LogP contribution < -0.4 is 10.0 Å². The summed E-state index contributed by atoms with van der Waals surface area (Å²) in [6.45, 7) is 0. The number of amides is 1. The maximum absolute atomic E-state index is 13.0. The van der Waals surface area contributed by atoms with Crippen LogP contribution in [0, 0.1) is 16.7 Å². The van der Waals surface area contributed by atoms with Gasteiger partial charge in [-0.05, 0) is 37.5 Å². The smallest absolute Gasteiger partial charge is 0.346 e. The molecule has 3 aliphatic rings. The standard InChI is InChI=1S/C16H17F3N4O3S/c1-23(2)27(25,26)22-12-4-3-10(16(17,18)19)5-11(12)13(24)21-15-6-14(7-15,8-15)9-20/h3-5,22H,6-8H2,1-2H3,(H,21,24). The van der Waals surface area contributed by atoms with Crippen molar-refractivity contribution < 1.29 is 26.4 Å². The predicted octanol–water partition coefficient (Wildman–Crippen LogP) is 2.10. The molecule has 0 unspecified atom stereocenters. The van der Waals surface area contributed by atoms with Crippen LogP contribution in [-0.2, 0) is 16.4 Å². The van der Waals surface area contributed by atoms with E-state index in [4.69, 9.17) is 5.26 Å². The number of nitriles is 1. The van der Waals surface area contributed by atoms with E-state index in [1.54, 1.807) is 0 Å². The minimum absolute atomic E-state index is 0.254. The number of nitrogens with zero attached hydrogens (tertiary/aromatic N) is 2. The van der Waals surface area contributed by atoms with Crippen molar-refractivity contribution in [3.05, 3.63) is 29.3 Å². The number of benzene rings is 1. The summed E-state index contributed by atoms with van der Waals surface area (Å²) in [5.41, 5.74) is -2.79. The fourth-order valence-corrected chi connectivity index (χ4v) is 4.21. The van der Waals surface area contributed by atoms with Crippen LogP contribution in [0.25, 0.3) is 0 Å².